The normalized spacial score (nSPS) is 10.2. The summed E-state index contributed by atoms with van der Waals surface area (Å²) in [5.74, 6) is 1.41. The number of hydrogen-bond donors (Lipinski definition) is 0. The smallest absolute Gasteiger partial charge is 0.165 e. The van der Waals surface area contributed by atoms with Gasteiger partial charge in [-0.05, 0) is 31.2 Å². The lowest BCUT2D eigenvalue weighted by Gasteiger charge is -2.01. The Morgan fingerprint density at radius 2 is 2.06 bits per heavy atom. The van der Waals surface area contributed by atoms with Gasteiger partial charge < -0.3 is 4.74 Å². The highest BCUT2D eigenvalue weighted by Crippen LogP contribution is 2.22. The van der Waals surface area contributed by atoms with Crippen LogP contribution in [-0.4, -0.2) is 15.6 Å². The van der Waals surface area contributed by atoms with Gasteiger partial charge in [0.1, 0.15) is 5.75 Å². The Hall–Kier alpha value is -1.62. The third-order valence-corrected chi connectivity index (χ3v) is 2.57. The van der Waals surface area contributed by atoms with Crippen molar-refractivity contribution in [2.24, 2.45) is 0 Å². The molecule has 4 nitrogen and oxygen atoms in total. The Kier molecular flexibility index (Phi) is 3.58. The van der Waals surface area contributed by atoms with E-state index in [-0.39, 0.29) is 12.3 Å². The number of rotatable bonds is 4. The Morgan fingerprint density at radius 1 is 1.35 bits per heavy atom. The molecule has 88 valence electrons. The second-order valence-electron chi connectivity index (χ2n) is 3.63. The fraction of sp³-hybridized carbons (Fsp3) is 0.167. The zero-order valence-corrected chi connectivity index (χ0v) is 10.8. The zero-order valence-electron chi connectivity index (χ0n) is 9.26. The number of nitrogens with zero attached hydrogens (tertiary/aromatic N) is 2. The van der Waals surface area contributed by atoms with Crippen molar-refractivity contribution in [3.8, 4) is 11.5 Å². The molecule has 0 radical (unpaired) electrons. The van der Waals surface area contributed by atoms with Gasteiger partial charge in [0.25, 0.3) is 0 Å². The molecule has 0 spiro atoms. The molecule has 5 heteroatoms. The zero-order chi connectivity index (χ0) is 12.3. The molecule has 0 aliphatic heterocycles. The second-order valence-corrected chi connectivity index (χ2v) is 4.55. The van der Waals surface area contributed by atoms with Crippen LogP contribution < -0.4 is 4.74 Å². The van der Waals surface area contributed by atoms with Crippen molar-refractivity contribution in [1.82, 2.24) is 9.78 Å². The molecular weight excluding hydrogens is 284 g/mol. The minimum Gasteiger partial charge on any atom is -0.454 e. The number of aromatic nitrogens is 2. The molecule has 1 aromatic heterocycles. The Bertz CT molecular complexity index is 520. The van der Waals surface area contributed by atoms with Crippen LogP contribution in [-0.2, 0) is 11.3 Å². The lowest BCUT2D eigenvalue weighted by Crippen LogP contribution is -2.05. The van der Waals surface area contributed by atoms with Gasteiger partial charge in [-0.25, -0.2) is 0 Å². The number of hydrogen-bond acceptors (Lipinski definition) is 3. The van der Waals surface area contributed by atoms with Crippen molar-refractivity contribution in [3.05, 3.63) is 41.1 Å². The quantitative estimate of drug-likeness (QED) is 0.871. The lowest BCUT2D eigenvalue weighted by atomic mass is 10.3. The maximum absolute atomic E-state index is 10.9. The Labute approximate surface area is 107 Å². The number of ether oxygens (including phenoxy) is 1. The van der Waals surface area contributed by atoms with Gasteiger partial charge in [-0.15, -0.1) is 0 Å². The van der Waals surface area contributed by atoms with Gasteiger partial charge in [-0.3, -0.25) is 9.48 Å². The van der Waals surface area contributed by atoms with E-state index in [9.17, 15) is 4.79 Å². The molecule has 0 fully saturated rings. The number of ketones is 1. The van der Waals surface area contributed by atoms with Gasteiger partial charge in [-0.1, -0.05) is 15.9 Å². The van der Waals surface area contributed by atoms with Gasteiger partial charge in [0.2, 0.25) is 0 Å². The van der Waals surface area contributed by atoms with Crippen LogP contribution in [0.3, 0.4) is 0 Å². The molecule has 2 rings (SSSR count). The van der Waals surface area contributed by atoms with Crippen LogP contribution in [0, 0.1) is 0 Å². The molecule has 0 aliphatic rings. The van der Waals surface area contributed by atoms with Crippen molar-refractivity contribution in [3.63, 3.8) is 0 Å². The minimum absolute atomic E-state index is 0.0586. The summed E-state index contributed by atoms with van der Waals surface area (Å²) in [4.78, 5) is 10.9. The van der Waals surface area contributed by atoms with E-state index in [1.807, 2.05) is 24.3 Å². The summed E-state index contributed by atoms with van der Waals surface area (Å²) in [6, 6.07) is 7.50. The first-order chi connectivity index (χ1) is 8.13. The van der Waals surface area contributed by atoms with Crippen molar-refractivity contribution in [2.45, 2.75) is 13.5 Å². The van der Waals surface area contributed by atoms with E-state index >= 15 is 0 Å². The molecule has 0 atom stereocenters. The van der Waals surface area contributed by atoms with Crippen molar-refractivity contribution < 1.29 is 9.53 Å². The molecule has 17 heavy (non-hydrogen) atoms. The van der Waals surface area contributed by atoms with E-state index in [1.54, 1.807) is 17.1 Å². The van der Waals surface area contributed by atoms with Gasteiger partial charge in [0, 0.05) is 4.47 Å². The molecule has 0 unspecified atom stereocenters. The highest BCUT2D eigenvalue weighted by molar-refractivity contribution is 9.10. The van der Waals surface area contributed by atoms with E-state index in [2.05, 4.69) is 21.0 Å². The topological polar surface area (TPSA) is 44.1 Å². The van der Waals surface area contributed by atoms with Crippen LogP contribution in [0.2, 0.25) is 0 Å². The Morgan fingerprint density at radius 3 is 2.71 bits per heavy atom. The summed E-state index contributed by atoms with van der Waals surface area (Å²) in [6.07, 6.45) is 3.29. The SMILES string of the molecule is CC(=O)Cn1cc(Oc2ccc(Br)cc2)cn1. The molecule has 1 aromatic carbocycles. The largest absolute Gasteiger partial charge is 0.454 e. The molecule has 0 N–H and O–H groups in total. The summed E-state index contributed by atoms with van der Waals surface area (Å²) in [5.41, 5.74) is 0. The van der Waals surface area contributed by atoms with Crippen LogP contribution in [0.15, 0.2) is 41.1 Å². The van der Waals surface area contributed by atoms with Crippen LogP contribution in [0.25, 0.3) is 0 Å². The third-order valence-electron chi connectivity index (χ3n) is 2.04. The molecule has 0 bridgehead atoms. The maximum Gasteiger partial charge on any atom is 0.165 e. The summed E-state index contributed by atoms with van der Waals surface area (Å²) in [7, 11) is 0. The lowest BCUT2D eigenvalue weighted by molar-refractivity contribution is -0.117. The molecule has 1 heterocycles. The second kappa shape index (κ2) is 5.14. The highest BCUT2D eigenvalue weighted by atomic mass is 79.9. The van der Waals surface area contributed by atoms with Crippen LogP contribution in [0.4, 0.5) is 0 Å². The molecule has 0 aliphatic carbocycles. The van der Waals surface area contributed by atoms with Crippen LogP contribution in [0.1, 0.15) is 6.92 Å². The monoisotopic (exact) mass is 294 g/mol. The first-order valence-electron chi connectivity index (χ1n) is 5.09. The van der Waals surface area contributed by atoms with Gasteiger partial charge in [0.05, 0.1) is 18.9 Å². The minimum atomic E-state index is 0.0586. The van der Waals surface area contributed by atoms with Gasteiger partial charge in [-0.2, -0.15) is 5.10 Å². The van der Waals surface area contributed by atoms with Crippen molar-refractivity contribution in [1.29, 1.82) is 0 Å². The number of carbonyl (C=O) groups is 1. The Balaban J connectivity index is 2.06. The number of carbonyl (C=O) groups excluding carboxylic acids is 1. The van der Waals surface area contributed by atoms with Crippen molar-refractivity contribution in [2.75, 3.05) is 0 Å². The molecule has 2 aromatic rings. The van der Waals surface area contributed by atoms with E-state index in [0.717, 1.165) is 10.2 Å². The van der Waals surface area contributed by atoms with E-state index in [1.165, 1.54) is 6.92 Å². The fourth-order valence-corrected chi connectivity index (χ4v) is 1.61. The van der Waals surface area contributed by atoms with E-state index < -0.39 is 0 Å². The summed E-state index contributed by atoms with van der Waals surface area (Å²) in [5, 5.41) is 4.03. The van der Waals surface area contributed by atoms with Crippen LogP contribution >= 0.6 is 15.9 Å². The summed E-state index contributed by atoms with van der Waals surface area (Å²) >= 11 is 3.35. The average molecular weight is 295 g/mol. The number of benzene rings is 1. The molecule has 0 amide bonds. The average Bonchev–Trinajstić information content (AvgIpc) is 2.68. The van der Waals surface area contributed by atoms with E-state index in [0.29, 0.717) is 5.75 Å². The maximum atomic E-state index is 10.9. The number of Topliss-reactive ketones (excluding diaryl/α,β-unsaturated/α-hetero) is 1. The van der Waals surface area contributed by atoms with Gasteiger partial charge >= 0.3 is 0 Å². The first-order valence-corrected chi connectivity index (χ1v) is 5.88. The molecular formula is C12H11BrN2O2. The van der Waals surface area contributed by atoms with E-state index in [4.69, 9.17) is 4.74 Å². The predicted octanol–water partition coefficient (Wildman–Crippen LogP) is 3.03. The first kappa shape index (κ1) is 11.9. The predicted molar refractivity (Wildman–Crippen MR) is 67.1 cm³/mol. The number of halogens is 1. The molecule has 0 saturated carbocycles. The summed E-state index contributed by atoms with van der Waals surface area (Å²) < 4.78 is 8.13. The fourth-order valence-electron chi connectivity index (χ4n) is 1.35. The van der Waals surface area contributed by atoms with Crippen molar-refractivity contribution >= 4 is 21.7 Å². The molecule has 0 saturated heterocycles. The highest BCUT2D eigenvalue weighted by Gasteiger charge is 2.02. The standard InChI is InChI=1S/C12H11BrN2O2/c1-9(16)7-15-8-12(6-14-15)17-11-4-2-10(13)3-5-11/h2-6,8H,7H2,1H3. The summed E-state index contributed by atoms with van der Waals surface area (Å²) in [6.45, 7) is 1.79. The third kappa shape index (κ3) is 3.42. The van der Waals surface area contributed by atoms with Gasteiger partial charge in [0.15, 0.2) is 11.5 Å². The van der Waals surface area contributed by atoms with Crippen LogP contribution in [0.5, 0.6) is 11.5 Å².